The Labute approximate surface area is 196 Å². The summed E-state index contributed by atoms with van der Waals surface area (Å²) in [7, 11) is 0. The van der Waals surface area contributed by atoms with Gasteiger partial charge in [0.2, 0.25) is 11.8 Å². The highest BCUT2D eigenvalue weighted by Gasteiger charge is 2.28. The van der Waals surface area contributed by atoms with E-state index in [-0.39, 0.29) is 40.7 Å². The molecule has 1 amide bonds. The van der Waals surface area contributed by atoms with Crippen LogP contribution in [0, 0.1) is 0 Å². The maximum atomic E-state index is 13.0. The zero-order valence-corrected chi connectivity index (χ0v) is 19.0. The molecular formula is C25H26N4O3S. The van der Waals surface area contributed by atoms with Crippen molar-refractivity contribution in [1.29, 1.82) is 0 Å². The van der Waals surface area contributed by atoms with Gasteiger partial charge >= 0.3 is 0 Å². The molecule has 0 saturated carbocycles. The number of benzene rings is 1. The lowest BCUT2D eigenvalue weighted by Gasteiger charge is -2.36. The highest BCUT2D eigenvalue weighted by Crippen LogP contribution is 2.31. The van der Waals surface area contributed by atoms with E-state index >= 15 is 0 Å². The third-order valence-electron chi connectivity index (χ3n) is 5.63. The van der Waals surface area contributed by atoms with Crippen LogP contribution in [-0.4, -0.2) is 43.2 Å². The van der Waals surface area contributed by atoms with Crippen molar-refractivity contribution in [1.82, 2.24) is 19.9 Å². The number of pyridine rings is 1. The number of H-pyrrole nitrogens is 1. The van der Waals surface area contributed by atoms with Crippen molar-refractivity contribution in [2.24, 2.45) is 0 Å². The number of piperidine rings is 1. The second kappa shape index (κ2) is 11.0. The Morgan fingerprint density at radius 2 is 2.06 bits per heavy atom. The summed E-state index contributed by atoms with van der Waals surface area (Å²) in [5.74, 6) is -0.199. The number of aromatic hydroxyl groups is 1. The van der Waals surface area contributed by atoms with Crippen molar-refractivity contribution in [2.45, 2.75) is 36.9 Å². The monoisotopic (exact) mass is 462 g/mol. The maximum Gasteiger partial charge on any atom is 0.258 e. The van der Waals surface area contributed by atoms with Gasteiger partial charge in [0.15, 0.2) is 5.16 Å². The molecule has 170 valence electrons. The minimum absolute atomic E-state index is 0.0136. The first kappa shape index (κ1) is 22.8. The lowest BCUT2D eigenvalue weighted by Crippen LogP contribution is -2.39. The van der Waals surface area contributed by atoms with Crippen LogP contribution in [0.15, 0.2) is 70.9 Å². The van der Waals surface area contributed by atoms with Gasteiger partial charge in [-0.05, 0) is 36.5 Å². The molecule has 1 aromatic carbocycles. The molecule has 1 saturated heterocycles. The number of amides is 1. The van der Waals surface area contributed by atoms with Crippen LogP contribution in [0.2, 0.25) is 0 Å². The molecule has 7 nitrogen and oxygen atoms in total. The quantitative estimate of drug-likeness (QED) is 0.407. The number of rotatable bonds is 7. The lowest BCUT2D eigenvalue weighted by atomic mass is 9.96. The van der Waals surface area contributed by atoms with E-state index in [0.29, 0.717) is 6.54 Å². The first-order valence-corrected chi connectivity index (χ1v) is 12.0. The van der Waals surface area contributed by atoms with Gasteiger partial charge in [0, 0.05) is 25.4 Å². The van der Waals surface area contributed by atoms with Crippen LogP contribution in [0.4, 0.5) is 0 Å². The highest BCUT2D eigenvalue weighted by molar-refractivity contribution is 7.99. The zero-order valence-electron chi connectivity index (χ0n) is 18.2. The zero-order chi connectivity index (χ0) is 23.0. The number of allylic oxidation sites excluding steroid dienone is 1. The number of aromatic nitrogens is 3. The second-order valence-corrected chi connectivity index (χ2v) is 8.83. The van der Waals surface area contributed by atoms with Crippen LogP contribution in [0.25, 0.3) is 6.08 Å². The van der Waals surface area contributed by atoms with E-state index in [1.165, 1.54) is 0 Å². The fourth-order valence-corrected chi connectivity index (χ4v) is 4.70. The Bertz CT molecular complexity index is 1170. The van der Waals surface area contributed by atoms with Crippen LogP contribution in [-0.2, 0) is 11.2 Å². The molecule has 0 aliphatic carbocycles. The smallest absolute Gasteiger partial charge is 0.258 e. The molecule has 0 spiro atoms. The van der Waals surface area contributed by atoms with Crippen LogP contribution in [0.5, 0.6) is 5.88 Å². The van der Waals surface area contributed by atoms with Gasteiger partial charge in [-0.25, -0.2) is 0 Å². The second-order valence-electron chi connectivity index (χ2n) is 7.86. The van der Waals surface area contributed by atoms with Crippen LogP contribution in [0.1, 0.15) is 42.0 Å². The molecule has 4 rings (SSSR count). The van der Waals surface area contributed by atoms with Crippen LogP contribution in [0.3, 0.4) is 0 Å². The van der Waals surface area contributed by atoms with Crippen molar-refractivity contribution in [3.63, 3.8) is 0 Å². The van der Waals surface area contributed by atoms with Gasteiger partial charge in [-0.2, -0.15) is 4.98 Å². The Hall–Kier alpha value is -3.39. The first-order valence-electron chi connectivity index (χ1n) is 11.0. The molecule has 33 heavy (non-hydrogen) atoms. The molecule has 8 heteroatoms. The molecule has 0 radical (unpaired) electrons. The fraction of sp³-hybridized carbons (Fsp3) is 0.280. The van der Waals surface area contributed by atoms with Gasteiger partial charge in [0.1, 0.15) is 0 Å². The van der Waals surface area contributed by atoms with Crippen molar-refractivity contribution in [3.8, 4) is 5.88 Å². The molecule has 2 aromatic heterocycles. The number of aromatic amines is 1. The SMILES string of the molecule is O=C(CSc1nc(O)c(CC=Cc2ccccc2)c(=O)[nH]1)N1CCCC[C@H]1c1cccnc1. The number of hydrogen-bond acceptors (Lipinski definition) is 6. The van der Waals surface area contributed by atoms with Gasteiger partial charge in [0.25, 0.3) is 5.56 Å². The summed E-state index contributed by atoms with van der Waals surface area (Å²) in [4.78, 5) is 38.3. The minimum Gasteiger partial charge on any atom is -0.493 e. The van der Waals surface area contributed by atoms with E-state index in [0.717, 1.165) is 42.2 Å². The number of thioether (sulfide) groups is 1. The van der Waals surface area contributed by atoms with E-state index in [1.807, 2.05) is 65.7 Å². The summed E-state index contributed by atoms with van der Waals surface area (Å²) >= 11 is 1.13. The molecule has 1 aliphatic rings. The van der Waals surface area contributed by atoms with Crippen molar-refractivity contribution < 1.29 is 9.90 Å². The largest absolute Gasteiger partial charge is 0.493 e. The molecule has 3 aromatic rings. The standard InChI is InChI=1S/C25H26N4O3S/c30-22(29-15-5-4-13-21(29)19-11-7-14-26-16-19)17-33-25-27-23(31)20(24(32)28-25)12-6-10-18-8-2-1-3-9-18/h1-3,6-11,14,16,21H,4-5,12-13,15,17H2,(H2,27,28,31,32)/t21-/m0/s1. The summed E-state index contributed by atoms with van der Waals surface area (Å²) in [6.45, 7) is 0.695. The first-order chi connectivity index (χ1) is 16.1. The van der Waals surface area contributed by atoms with E-state index in [9.17, 15) is 14.7 Å². The van der Waals surface area contributed by atoms with Crippen LogP contribution < -0.4 is 5.56 Å². The summed E-state index contributed by atoms with van der Waals surface area (Å²) in [6, 6.07) is 13.6. The molecule has 2 N–H and O–H groups in total. The van der Waals surface area contributed by atoms with Crippen molar-refractivity contribution in [3.05, 3.63) is 88.0 Å². The number of carbonyl (C=O) groups is 1. The molecule has 1 aliphatic heterocycles. The van der Waals surface area contributed by atoms with Gasteiger partial charge < -0.3 is 15.0 Å². The summed E-state index contributed by atoms with van der Waals surface area (Å²) in [6.07, 6.45) is 10.4. The Balaban J connectivity index is 1.39. The normalized spacial score (nSPS) is 16.2. The molecular weight excluding hydrogens is 436 g/mol. The van der Waals surface area contributed by atoms with Crippen molar-refractivity contribution >= 4 is 23.7 Å². The number of likely N-dealkylation sites (tertiary alicyclic amines) is 1. The minimum atomic E-state index is -0.402. The van der Waals surface area contributed by atoms with Crippen LogP contribution >= 0.6 is 11.8 Å². The molecule has 3 heterocycles. The number of hydrogen-bond donors (Lipinski definition) is 2. The topological polar surface area (TPSA) is 99.2 Å². The summed E-state index contributed by atoms with van der Waals surface area (Å²) in [5, 5.41) is 10.5. The summed E-state index contributed by atoms with van der Waals surface area (Å²) in [5.41, 5.74) is 1.84. The average Bonchev–Trinajstić information content (AvgIpc) is 2.85. The fourth-order valence-electron chi connectivity index (χ4n) is 3.96. The lowest BCUT2D eigenvalue weighted by molar-refractivity contribution is -0.132. The highest BCUT2D eigenvalue weighted by atomic mass is 32.2. The van der Waals surface area contributed by atoms with Gasteiger partial charge in [-0.1, -0.05) is 60.3 Å². The Kier molecular flexibility index (Phi) is 7.57. The van der Waals surface area contributed by atoms with Gasteiger partial charge in [0.05, 0.1) is 17.4 Å². The van der Waals surface area contributed by atoms with E-state index in [4.69, 9.17) is 0 Å². The number of nitrogens with zero attached hydrogens (tertiary/aromatic N) is 3. The molecule has 0 bridgehead atoms. The predicted octanol–water partition coefficient (Wildman–Crippen LogP) is 3.97. The van der Waals surface area contributed by atoms with Crippen molar-refractivity contribution in [2.75, 3.05) is 12.3 Å². The Morgan fingerprint density at radius 3 is 2.82 bits per heavy atom. The molecule has 0 unspecified atom stereocenters. The third kappa shape index (κ3) is 5.90. The maximum absolute atomic E-state index is 13.0. The Morgan fingerprint density at radius 1 is 1.21 bits per heavy atom. The summed E-state index contributed by atoms with van der Waals surface area (Å²) < 4.78 is 0. The predicted molar refractivity (Wildman–Crippen MR) is 129 cm³/mol. The van der Waals surface area contributed by atoms with Gasteiger partial charge in [-0.15, -0.1) is 0 Å². The number of nitrogens with one attached hydrogen (secondary N) is 1. The van der Waals surface area contributed by atoms with E-state index < -0.39 is 5.56 Å². The van der Waals surface area contributed by atoms with Gasteiger partial charge in [-0.3, -0.25) is 14.6 Å². The molecule has 1 fully saturated rings. The third-order valence-corrected chi connectivity index (χ3v) is 6.49. The van der Waals surface area contributed by atoms with E-state index in [2.05, 4.69) is 15.0 Å². The molecule has 1 atom stereocenters. The average molecular weight is 463 g/mol. The number of carbonyl (C=O) groups excluding carboxylic acids is 1. The van der Waals surface area contributed by atoms with E-state index in [1.54, 1.807) is 6.20 Å².